The molecular weight excluding hydrogens is 276 g/mol. The summed E-state index contributed by atoms with van der Waals surface area (Å²) in [7, 11) is 0. The Balaban J connectivity index is 1.98. The van der Waals surface area contributed by atoms with E-state index < -0.39 is 6.04 Å². The fourth-order valence-electron chi connectivity index (χ4n) is 2.11. The van der Waals surface area contributed by atoms with Gasteiger partial charge >= 0.3 is 0 Å². The number of amides is 2. The normalized spacial score (nSPS) is 11.6. The number of carbonyl (C=O) groups is 2. The molecule has 0 bridgehead atoms. The topological polar surface area (TPSA) is 58.2 Å². The van der Waals surface area contributed by atoms with E-state index in [9.17, 15) is 9.59 Å². The highest BCUT2D eigenvalue weighted by atomic mass is 16.2. The summed E-state index contributed by atoms with van der Waals surface area (Å²) in [5.41, 5.74) is 3.34. The van der Waals surface area contributed by atoms with Crippen molar-refractivity contribution < 1.29 is 9.59 Å². The van der Waals surface area contributed by atoms with Crippen molar-refractivity contribution >= 4 is 17.5 Å². The van der Waals surface area contributed by atoms with Crippen LogP contribution in [0.25, 0.3) is 0 Å². The van der Waals surface area contributed by atoms with Crippen LogP contribution in [0.1, 0.15) is 28.4 Å². The van der Waals surface area contributed by atoms with Crippen LogP contribution < -0.4 is 10.6 Å². The smallest absolute Gasteiger partial charge is 0.251 e. The second kappa shape index (κ2) is 6.89. The lowest BCUT2D eigenvalue weighted by molar-refractivity contribution is -0.117. The number of nitrogens with one attached hydrogen (secondary N) is 2. The van der Waals surface area contributed by atoms with Gasteiger partial charge in [-0.3, -0.25) is 9.59 Å². The highest BCUT2D eigenvalue weighted by Gasteiger charge is 2.16. The molecule has 2 rings (SSSR count). The molecule has 0 aliphatic rings. The Hall–Kier alpha value is -2.62. The van der Waals surface area contributed by atoms with Crippen LogP contribution in [0.5, 0.6) is 0 Å². The van der Waals surface area contributed by atoms with Crippen molar-refractivity contribution in [3.8, 4) is 0 Å². The quantitative estimate of drug-likeness (QED) is 0.911. The second-order valence-electron chi connectivity index (χ2n) is 5.42. The van der Waals surface area contributed by atoms with Crippen LogP contribution >= 0.6 is 0 Å². The van der Waals surface area contributed by atoms with Gasteiger partial charge in [-0.2, -0.15) is 0 Å². The van der Waals surface area contributed by atoms with Crippen molar-refractivity contribution in [1.29, 1.82) is 0 Å². The Bertz CT molecular complexity index is 695. The molecule has 0 radical (unpaired) electrons. The van der Waals surface area contributed by atoms with Gasteiger partial charge in [0, 0.05) is 11.3 Å². The van der Waals surface area contributed by atoms with E-state index in [1.54, 1.807) is 19.1 Å². The fraction of sp³-hybridized carbons (Fsp3) is 0.222. The van der Waals surface area contributed by atoms with Crippen LogP contribution in [0.15, 0.2) is 48.5 Å². The number of carbonyl (C=O) groups excluding carboxylic acids is 2. The molecule has 0 aromatic heterocycles. The third-order valence-electron chi connectivity index (χ3n) is 3.31. The number of anilines is 1. The Morgan fingerprint density at radius 2 is 1.59 bits per heavy atom. The van der Waals surface area contributed by atoms with Gasteiger partial charge < -0.3 is 10.6 Å². The van der Waals surface area contributed by atoms with Gasteiger partial charge in [0.05, 0.1) is 0 Å². The minimum Gasteiger partial charge on any atom is -0.341 e. The minimum absolute atomic E-state index is 0.244. The summed E-state index contributed by atoms with van der Waals surface area (Å²) in [6, 6.07) is 14.2. The second-order valence-corrected chi connectivity index (χ2v) is 5.42. The van der Waals surface area contributed by atoms with E-state index in [2.05, 4.69) is 10.6 Å². The Kier molecular flexibility index (Phi) is 4.94. The van der Waals surface area contributed by atoms with Crippen LogP contribution in [0, 0.1) is 13.8 Å². The van der Waals surface area contributed by atoms with Crippen molar-refractivity contribution in [3.05, 3.63) is 65.2 Å². The van der Waals surface area contributed by atoms with Gasteiger partial charge in [-0.25, -0.2) is 0 Å². The molecule has 0 saturated carbocycles. The van der Waals surface area contributed by atoms with Gasteiger partial charge in [-0.15, -0.1) is 0 Å². The number of hydrogen-bond acceptors (Lipinski definition) is 2. The van der Waals surface area contributed by atoms with E-state index in [0.29, 0.717) is 5.56 Å². The standard InChI is InChI=1S/C18H20N2O2/c1-12-6-4-8-15(10-12)18(22)19-14(3)17(21)20-16-9-5-7-13(2)11-16/h4-11,14H,1-3H3,(H,19,22)(H,20,21)/t14-/m0/s1. The Labute approximate surface area is 130 Å². The predicted molar refractivity (Wildman–Crippen MR) is 87.9 cm³/mol. The number of rotatable bonds is 4. The van der Waals surface area contributed by atoms with Gasteiger partial charge in [0.15, 0.2) is 0 Å². The van der Waals surface area contributed by atoms with Gasteiger partial charge in [-0.05, 0) is 50.6 Å². The molecule has 2 amide bonds. The molecule has 0 saturated heterocycles. The van der Waals surface area contributed by atoms with Crippen LogP contribution in [-0.2, 0) is 4.79 Å². The van der Waals surface area contributed by atoms with Gasteiger partial charge in [0.25, 0.3) is 5.91 Å². The van der Waals surface area contributed by atoms with Gasteiger partial charge in [0.1, 0.15) is 6.04 Å². The zero-order chi connectivity index (χ0) is 16.1. The lowest BCUT2D eigenvalue weighted by Gasteiger charge is -2.14. The number of benzene rings is 2. The van der Waals surface area contributed by atoms with E-state index >= 15 is 0 Å². The zero-order valence-corrected chi connectivity index (χ0v) is 13.0. The molecule has 0 unspecified atom stereocenters. The maximum atomic E-state index is 12.1. The molecule has 0 aliphatic heterocycles. The van der Waals surface area contributed by atoms with E-state index in [1.807, 2.05) is 50.2 Å². The SMILES string of the molecule is Cc1cccc(NC(=O)[C@H](C)NC(=O)c2cccc(C)c2)c1. The van der Waals surface area contributed by atoms with E-state index in [-0.39, 0.29) is 11.8 Å². The summed E-state index contributed by atoms with van der Waals surface area (Å²) in [5.74, 6) is -0.498. The van der Waals surface area contributed by atoms with Crippen molar-refractivity contribution in [2.75, 3.05) is 5.32 Å². The molecule has 0 aliphatic carbocycles. The van der Waals surface area contributed by atoms with Gasteiger partial charge in [-0.1, -0.05) is 29.8 Å². The molecular formula is C18H20N2O2. The molecule has 2 N–H and O–H groups in total. The van der Waals surface area contributed by atoms with Crippen molar-refractivity contribution in [1.82, 2.24) is 5.32 Å². The fourth-order valence-corrected chi connectivity index (χ4v) is 2.11. The molecule has 2 aromatic rings. The first-order valence-electron chi connectivity index (χ1n) is 7.21. The first-order valence-corrected chi connectivity index (χ1v) is 7.21. The van der Waals surface area contributed by atoms with E-state index in [4.69, 9.17) is 0 Å². The molecule has 4 nitrogen and oxygen atoms in total. The number of aryl methyl sites for hydroxylation is 2. The van der Waals surface area contributed by atoms with Crippen molar-refractivity contribution in [3.63, 3.8) is 0 Å². The monoisotopic (exact) mass is 296 g/mol. The van der Waals surface area contributed by atoms with Gasteiger partial charge in [0.2, 0.25) is 5.91 Å². The largest absolute Gasteiger partial charge is 0.341 e. The summed E-state index contributed by atoms with van der Waals surface area (Å²) in [4.78, 5) is 24.3. The summed E-state index contributed by atoms with van der Waals surface area (Å²) >= 11 is 0. The Morgan fingerprint density at radius 3 is 2.23 bits per heavy atom. The molecule has 0 heterocycles. The first-order chi connectivity index (χ1) is 10.5. The minimum atomic E-state index is -0.617. The summed E-state index contributed by atoms with van der Waals surface area (Å²) in [6.45, 7) is 5.54. The molecule has 0 spiro atoms. The number of hydrogen-bond donors (Lipinski definition) is 2. The summed E-state index contributed by atoms with van der Waals surface area (Å²) < 4.78 is 0. The van der Waals surface area contributed by atoms with Crippen LogP contribution in [-0.4, -0.2) is 17.9 Å². The molecule has 0 fully saturated rings. The van der Waals surface area contributed by atoms with Crippen LogP contribution in [0.4, 0.5) is 5.69 Å². The molecule has 1 atom stereocenters. The van der Waals surface area contributed by atoms with Crippen LogP contribution in [0.3, 0.4) is 0 Å². The third kappa shape index (κ3) is 4.19. The summed E-state index contributed by atoms with van der Waals surface area (Å²) in [6.07, 6.45) is 0. The predicted octanol–water partition coefficient (Wildman–Crippen LogP) is 3.06. The molecule has 22 heavy (non-hydrogen) atoms. The maximum absolute atomic E-state index is 12.1. The van der Waals surface area contributed by atoms with E-state index in [0.717, 1.165) is 16.8 Å². The zero-order valence-electron chi connectivity index (χ0n) is 13.0. The molecule has 2 aromatic carbocycles. The lowest BCUT2D eigenvalue weighted by Crippen LogP contribution is -2.41. The van der Waals surface area contributed by atoms with E-state index in [1.165, 1.54) is 0 Å². The summed E-state index contributed by atoms with van der Waals surface area (Å²) in [5, 5.41) is 5.50. The first kappa shape index (κ1) is 15.8. The molecule has 114 valence electrons. The molecule has 4 heteroatoms. The van der Waals surface area contributed by atoms with Crippen molar-refractivity contribution in [2.24, 2.45) is 0 Å². The average Bonchev–Trinajstić information content (AvgIpc) is 2.47. The lowest BCUT2D eigenvalue weighted by atomic mass is 10.1. The van der Waals surface area contributed by atoms with Crippen LogP contribution in [0.2, 0.25) is 0 Å². The maximum Gasteiger partial charge on any atom is 0.251 e. The third-order valence-corrected chi connectivity index (χ3v) is 3.31. The van der Waals surface area contributed by atoms with Crippen molar-refractivity contribution in [2.45, 2.75) is 26.8 Å². The highest BCUT2D eigenvalue weighted by molar-refractivity contribution is 6.01. The average molecular weight is 296 g/mol. The highest BCUT2D eigenvalue weighted by Crippen LogP contribution is 2.10. The Morgan fingerprint density at radius 1 is 0.955 bits per heavy atom.